The van der Waals surface area contributed by atoms with Gasteiger partial charge in [-0.05, 0) is 63.3 Å². The lowest BCUT2D eigenvalue weighted by molar-refractivity contribution is 0.496. The van der Waals surface area contributed by atoms with E-state index < -0.39 is 0 Å². The van der Waals surface area contributed by atoms with E-state index in [1.165, 1.54) is 38.5 Å². The average molecular weight is 391 g/mol. The molecule has 5 rings (SSSR count). The Balaban J connectivity index is 1.60. The fourth-order valence-corrected chi connectivity index (χ4v) is 4.63. The minimum atomic E-state index is 0.328. The van der Waals surface area contributed by atoms with Crippen LogP contribution < -0.4 is 5.32 Å². The summed E-state index contributed by atoms with van der Waals surface area (Å²) >= 11 is 3.69. The van der Waals surface area contributed by atoms with Gasteiger partial charge in [-0.25, -0.2) is 0 Å². The normalized spacial score (nSPS) is 17.1. The SMILES string of the molecule is Brc1cccc2c3c([nH]c12)C(Cc1cccc2ccccc12)NCC3. The van der Waals surface area contributed by atoms with Gasteiger partial charge in [-0.3, -0.25) is 0 Å². The Bertz CT molecular complexity index is 1070. The summed E-state index contributed by atoms with van der Waals surface area (Å²) in [6, 6.07) is 22.1. The minimum absolute atomic E-state index is 0.328. The third kappa shape index (κ3) is 2.50. The van der Waals surface area contributed by atoms with Crippen molar-refractivity contribution >= 4 is 37.6 Å². The molecular weight excluding hydrogens is 372 g/mol. The van der Waals surface area contributed by atoms with E-state index in [1.54, 1.807) is 0 Å². The Morgan fingerprint density at radius 1 is 0.920 bits per heavy atom. The molecule has 124 valence electrons. The van der Waals surface area contributed by atoms with Crippen molar-refractivity contribution in [3.8, 4) is 0 Å². The molecule has 0 radical (unpaired) electrons. The van der Waals surface area contributed by atoms with Crippen molar-refractivity contribution in [3.05, 3.63) is 82.0 Å². The first kappa shape index (κ1) is 15.2. The molecule has 2 nitrogen and oxygen atoms in total. The molecule has 0 fully saturated rings. The quantitative estimate of drug-likeness (QED) is 0.463. The molecule has 1 atom stereocenters. The van der Waals surface area contributed by atoms with E-state index >= 15 is 0 Å². The molecule has 1 aliphatic rings. The standard InChI is InChI=1S/C22H19BrN2/c23-19-10-4-9-17-18-11-12-24-20(22(18)25-21(17)19)13-15-7-3-6-14-5-1-2-8-16(14)15/h1-10,20,24-25H,11-13H2. The maximum Gasteiger partial charge on any atom is 0.0603 e. The van der Waals surface area contributed by atoms with Gasteiger partial charge in [0.15, 0.2) is 0 Å². The zero-order chi connectivity index (χ0) is 16.8. The van der Waals surface area contributed by atoms with Gasteiger partial charge in [-0.1, -0.05) is 54.6 Å². The van der Waals surface area contributed by atoms with Crippen LogP contribution in [-0.4, -0.2) is 11.5 Å². The van der Waals surface area contributed by atoms with Crippen LogP contribution in [0.2, 0.25) is 0 Å². The molecule has 3 aromatic carbocycles. The highest BCUT2D eigenvalue weighted by molar-refractivity contribution is 9.10. The van der Waals surface area contributed by atoms with Crippen molar-refractivity contribution in [1.29, 1.82) is 0 Å². The summed E-state index contributed by atoms with van der Waals surface area (Å²) in [7, 11) is 0. The van der Waals surface area contributed by atoms with Gasteiger partial charge in [-0.2, -0.15) is 0 Å². The summed E-state index contributed by atoms with van der Waals surface area (Å²) in [6.45, 7) is 1.03. The Labute approximate surface area is 155 Å². The molecule has 1 aromatic heterocycles. The number of rotatable bonds is 2. The molecule has 1 unspecified atom stereocenters. The molecule has 1 aliphatic heterocycles. The molecular formula is C22H19BrN2. The Morgan fingerprint density at radius 3 is 2.68 bits per heavy atom. The predicted octanol–water partition coefficient (Wildman–Crippen LogP) is 5.51. The number of hydrogen-bond donors (Lipinski definition) is 2. The summed E-state index contributed by atoms with van der Waals surface area (Å²) in [5.41, 5.74) is 5.45. The summed E-state index contributed by atoms with van der Waals surface area (Å²) in [6.07, 6.45) is 2.08. The van der Waals surface area contributed by atoms with Crippen LogP contribution in [0, 0.1) is 0 Å². The van der Waals surface area contributed by atoms with Crippen LogP contribution >= 0.6 is 15.9 Å². The van der Waals surface area contributed by atoms with Gasteiger partial charge in [-0.15, -0.1) is 0 Å². The van der Waals surface area contributed by atoms with Crippen LogP contribution in [0.1, 0.15) is 22.9 Å². The first-order valence-corrected chi connectivity index (χ1v) is 9.59. The Hall–Kier alpha value is -2.10. The van der Waals surface area contributed by atoms with Gasteiger partial charge in [0.05, 0.1) is 11.6 Å². The second-order valence-electron chi connectivity index (χ2n) is 6.78. The zero-order valence-corrected chi connectivity index (χ0v) is 15.4. The predicted molar refractivity (Wildman–Crippen MR) is 108 cm³/mol. The first-order chi connectivity index (χ1) is 12.3. The Morgan fingerprint density at radius 2 is 1.72 bits per heavy atom. The van der Waals surface area contributed by atoms with Gasteiger partial charge >= 0.3 is 0 Å². The van der Waals surface area contributed by atoms with Crippen molar-refractivity contribution in [2.75, 3.05) is 6.54 Å². The number of fused-ring (bicyclic) bond motifs is 4. The lowest BCUT2D eigenvalue weighted by atomic mass is 9.92. The molecule has 0 spiro atoms. The topological polar surface area (TPSA) is 27.8 Å². The molecule has 25 heavy (non-hydrogen) atoms. The summed E-state index contributed by atoms with van der Waals surface area (Å²) in [4.78, 5) is 3.69. The Kier molecular flexibility index (Phi) is 3.65. The van der Waals surface area contributed by atoms with Gasteiger partial charge in [0, 0.05) is 15.6 Å². The van der Waals surface area contributed by atoms with Crippen LogP contribution in [-0.2, 0) is 12.8 Å². The molecule has 2 N–H and O–H groups in total. The van der Waals surface area contributed by atoms with E-state index in [0.29, 0.717) is 6.04 Å². The van der Waals surface area contributed by atoms with Crippen molar-refractivity contribution in [1.82, 2.24) is 10.3 Å². The van der Waals surface area contributed by atoms with E-state index in [0.717, 1.165) is 23.9 Å². The second kappa shape index (κ2) is 6.01. The molecule has 0 saturated carbocycles. The van der Waals surface area contributed by atoms with Gasteiger partial charge in [0.25, 0.3) is 0 Å². The molecule has 0 aliphatic carbocycles. The third-order valence-corrected chi connectivity index (χ3v) is 6.00. The van der Waals surface area contributed by atoms with E-state index in [-0.39, 0.29) is 0 Å². The number of para-hydroxylation sites is 1. The van der Waals surface area contributed by atoms with Crippen LogP contribution in [0.15, 0.2) is 65.1 Å². The molecule has 0 bridgehead atoms. The zero-order valence-electron chi connectivity index (χ0n) is 13.9. The van der Waals surface area contributed by atoms with E-state index in [2.05, 4.69) is 86.9 Å². The second-order valence-corrected chi connectivity index (χ2v) is 7.63. The highest BCUT2D eigenvalue weighted by Gasteiger charge is 2.25. The van der Waals surface area contributed by atoms with E-state index in [1.807, 2.05) is 0 Å². The number of hydrogen-bond acceptors (Lipinski definition) is 1. The van der Waals surface area contributed by atoms with E-state index in [9.17, 15) is 0 Å². The average Bonchev–Trinajstić information content (AvgIpc) is 3.04. The maximum atomic E-state index is 3.72. The van der Waals surface area contributed by atoms with Crippen molar-refractivity contribution < 1.29 is 0 Å². The lowest BCUT2D eigenvalue weighted by Crippen LogP contribution is -2.31. The maximum absolute atomic E-state index is 3.72. The number of aromatic amines is 1. The summed E-state index contributed by atoms with van der Waals surface area (Å²) in [5.74, 6) is 0. The molecule has 3 heteroatoms. The smallest absolute Gasteiger partial charge is 0.0603 e. The van der Waals surface area contributed by atoms with Crippen molar-refractivity contribution in [2.45, 2.75) is 18.9 Å². The van der Waals surface area contributed by atoms with Crippen molar-refractivity contribution in [3.63, 3.8) is 0 Å². The van der Waals surface area contributed by atoms with E-state index in [4.69, 9.17) is 0 Å². The largest absolute Gasteiger partial charge is 0.356 e. The number of nitrogens with one attached hydrogen (secondary N) is 2. The number of H-pyrrole nitrogens is 1. The van der Waals surface area contributed by atoms with Crippen molar-refractivity contribution in [2.24, 2.45) is 0 Å². The highest BCUT2D eigenvalue weighted by atomic mass is 79.9. The summed E-state index contributed by atoms with van der Waals surface area (Å²) in [5, 5.41) is 7.75. The fraction of sp³-hybridized carbons (Fsp3) is 0.182. The molecule has 0 saturated heterocycles. The summed E-state index contributed by atoms with van der Waals surface area (Å²) < 4.78 is 1.14. The molecule has 0 amide bonds. The monoisotopic (exact) mass is 390 g/mol. The molecule has 2 heterocycles. The van der Waals surface area contributed by atoms with Gasteiger partial charge in [0.1, 0.15) is 0 Å². The third-order valence-electron chi connectivity index (χ3n) is 5.34. The lowest BCUT2D eigenvalue weighted by Gasteiger charge is -2.25. The van der Waals surface area contributed by atoms with Gasteiger partial charge in [0.2, 0.25) is 0 Å². The van der Waals surface area contributed by atoms with Crippen LogP contribution in [0.4, 0.5) is 0 Å². The fourth-order valence-electron chi connectivity index (χ4n) is 4.16. The number of aromatic nitrogens is 1. The first-order valence-electron chi connectivity index (χ1n) is 8.80. The van der Waals surface area contributed by atoms with Crippen LogP contribution in [0.5, 0.6) is 0 Å². The minimum Gasteiger partial charge on any atom is -0.356 e. The molecule has 4 aromatic rings. The highest BCUT2D eigenvalue weighted by Crippen LogP contribution is 2.35. The van der Waals surface area contributed by atoms with Gasteiger partial charge < -0.3 is 10.3 Å². The number of benzene rings is 3. The number of halogens is 1. The van der Waals surface area contributed by atoms with Crippen LogP contribution in [0.25, 0.3) is 21.7 Å². The van der Waals surface area contributed by atoms with Crippen LogP contribution in [0.3, 0.4) is 0 Å².